The van der Waals surface area contributed by atoms with Crippen molar-refractivity contribution in [2.75, 3.05) is 0 Å². The average molecular weight is 337 g/mol. The van der Waals surface area contributed by atoms with Crippen LogP contribution in [0.3, 0.4) is 0 Å². The molecule has 6 heteroatoms. The van der Waals surface area contributed by atoms with Crippen LogP contribution in [-0.4, -0.2) is 12.1 Å². The van der Waals surface area contributed by atoms with Crippen molar-refractivity contribution >= 4 is 5.97 Å². The van der Waals surface area contributed by atoms with Crippen molar-refractivity contribution in [3.63, 3.8) is 0 Å². The maximum Gasteiger partial charge on any atom is 0.338 e. The highest BCUT2D eigenvalue weighted by Crippen LogP contribution is 2.30. The van der Waals surface area contributed by atoms with Crippen LogP contribution in [0.4, 0.5) is 13.2 Å². The largest absolute Gasteiger partial charge is 0.459 e. The summed E-state index contributed by atoms with van der Waals surface area (Å²) in [6.07, 6.45) is 5.41. The number of carbonyl (C=O) groups excluding carboxylic acids is 1. The predicted octanol–water partition coefficient (Wildman–Crippen LogP) is 4.84. The van der Waals surface area contributed by atoms with E-state index in [-0.39, 0.29) is 11.7 Å². The molecule has 0 spiro atoms. The van der Waals surface area contributed by atoms with E-state index in [0.717, 1.165) is 31.4 Å². The molecule has 1 aliphatic rings. The third-order valence-electron chi connectivity index (χ3n) is 4.23. The fourth-order valence-corrected chi connectivity index (χ4v) is 2.87. The van der Waals surface area contributed by atoms with E-state index in [1.807, 2.05) is 0 Å². The van der Waals surface area contributed by atoms with Gasteiger partial charge in [0.05, 0.1) is 5.56 Å². The number of hydrogen-bond acceptors (Lipinski definition) is 3. The summed E-state index contributed by atoms with van der Waals surface area (Å²) in [6.45, 7) is 0. The zero-order valence-electron chi connectivity index (χ0n) is 13.1. The highest BCUT2D eigenvalue weighted by molar-refractivity contribution is 5.89. The first-order valence-corrected chi connectivity index (χ1v) is 7.91. The second-order valence-corrected chi connectivity index (χ2v) is 5.92. The van der Waals surface area contributed by atoms with Gasteiger partial charge in [0.1, 0.15) is 12.2 Å². The molecule has 0 unspecified atom stereocenters. The maximum atomic E-state index is 13.1. The van der Waals surface area contributed by atoms with Gasteiger partial charge in [-0.05, 0) is 68.7 Å². The van der Waals surface area contributed by atoms with E-state index in [0.29, 0.717) is 25.2 Å². The number of carbonyl (C=O) groups is 1. The molecule has 0 radical (unpaired) electrons. The van der Waals surface area contributed by atoms with Crippen molar-refractivity contribution in [3.8, 4) is 6.07 Å². The molecule has 1 saturated carbocycles. The van der Waals surface area contributed by atoms with Crippen molar-refractivity contribution in [3.05, 3.63) is 47.3 Å². The molecule has 1 aliphatic carbocycles. The molecule has 1 aromatic carbocycles. The van der Waals surface area contributed by atoms with Crippen LogP contribution in [0.2, 0.25) is 0 Å². The monoisotopic (exact) mass is 337 g/mol. The summed E-state index contributed by atoms with van der Waals surface area (Å²) < 4.78 is 44.0. The molecule has 24 heavy (non-hydrogen) atoms. The van der Waals surface area contributed by atoms with Crippen LogP contribution < -0.4 is 0 Å². The summed E-state index contributed by atoms with van der Waals surface area (Å²) in [7, 11) is 0. The Morgan fingerprint density at radius 2 is 1.96 bits per heavy atom. The summed E-state index contributed by atoms with van der Waals surface area (Å²) >= 11 is 0. The maximum absolute atomic E-state index is 13.1. The Hall–Kier alpha value is -2.29. The second kappa shape index (κ2) is 8.53. The summed E-state index contributed by atoms with van der Waals surface area (Å²) in [5.74, 6) is -3.09. The minimum atomic E-state index is -1.08. The van der Waals surface area contributed by atoms with Crippen molar-refractivity contribution < 1.29 is 22.7 Å². The topological polar surface area (TPSA) is 50.1 Å². The molecule has 1 aromatic rings. The van der Waals surface area contributed by atoms with E-state index in [9.17, 15) is 18.0 Å². The first-order valence-electron chi connectivity index (χ1n) is 7.91. The Morgan fingerprint density at radius 1 is 1.25 bits per heavy atom. The van der Waals surface area contributed by atoms with E-state index < -0.39 is 23.4 Å². The van der Waals surface area contributed by atoms with Crippen molar-refractivity contribution in [1.29, 1.82) is 5.26 Å². The Labute approximate surface area is 138 Å². The van der Waals surface area contributed by atoms with Gasteiger partial charge in [0, 0.05) is 0 Å². The predicted molar refractivity (Wildman–Crippen MR) is 81.6 cm³/mol. The molecule has 0 bridgehead atoms. The van der Waals surface area contributed by atoms with E-state index >= 15 is 0 Å². The molecule has 3 nitrogen and oxygen atoms in total. The number of benzene rings is 1. The lowest BCUT2D eigenvalue weighted by Gasteiger charge is -2.28. The van der Waals surface area contributed by atoms with Crippen molar-refractivity contribution in [2.45, 2.75) is 44.6 Å². The van der Waals surface area contributed by atoms with Crippen LogP contribution in [0.25, 0.3) is 0 Å². The number of ether oxygens (including phenoxy) is 1. The minimum Gasteiger partial charge on any atom is -0.459 e. The quantitative estimate of drug-likeness (QED) is 0.571. The van der Waals surface area contributed by atoms with Gasteiger partial charge < -0.3 is 4.74 Å². The number of nitriles is 1. The highest BCUT2D eigenvalue weighted by atomic mass is 19.2. The molecule has 128 valence electrons. The van der Waals surface area contributed by atoms with Gasteiger partial charge >= 0.3 is 5.97 Å². The third-order valence-corrected chi connectivity index (χ3v) is 4.23. The molecular weight excluding hydrogens is 319 g/mol. The summed E-state index contributed by atoms with van der Waals surface area (Å²) in [5, 5.41) is 8.33. The third kappa shape index (κ3) is 5.12. The van der Waals surface area contributed by atoms with Gasteiger partial charge in [-0.25, -0.2) is 13.6 Å². The number of esters is 1. The van der Waals surface area contributed by atoms with Crippen LogP contribution in [0.1, 0.15) is 48.9 Å². The number of rotatable bonds is 5. The SMILES string of the molecule is N#C/C(F)=C\CCC1CCC(OC(=O)c2ccc(F)c(F)c2)CC1. The standard InChI is InChI=1S/C18H18F3NO2/c19-14(11-22)3-1-2-12-4-7-15(8-5-12)24-18(23)13-6-9-16(20)17(21)10-13/h3,6,9-10,12,15H,1-2,4-5,7-8H2/b14-3+. The van der Waals surface area contributed by atoms with Crippen LogP contribution in [0, 0.1) is 28.9 Å². The van der Waals surface area contributed by atoms with Gasteiger partial charge in [-0.1, -0.05) is 0 Å². The zero-order chi connectivity index (χ0) is 17.5. The number of halogens is 3. The average Bonchev–Trinajstić information content (AvgIpc) is 2.58. The minimum absolute atomic E-state index is 0.00635. The van der Waals surface area contributed by atoms with Gasteiger partial charge in [0.2, 0.25) is 0 Å². The van der Waals surface area contributed by atoms with Crippen molar-refractivity contribution in [1.82, 2.24) is 0 Å². The van der Waals surface area contributed by atoms with Gasteiger partial charge in [-0.2, -0.15) is 9.65 Å². The van der Waals surface area contributed by atoms with Crippen molar-refractivity contribution in [2.24, 2.45) is 5.92 Å². The Morgan fingerprint density at radius 3 is 2.58 bits per heavy atom. The fourth-order valence-electron chi connectivity index (χ4n) is 2.87. The lowest BCUT2D eigenvalue weighted by Crippen LogP contribution is -2.24. The molecule has 0 aliphatic heterocycles. The number of allylic oxidation sites excluding steroid dienone is 2. The highest BCUT2D eigenvalue weighted by Gasteiger charge is 2.24. The molecule has 0 atom stereocenters. The Bertz CT molecular complexity index is 659. The van der Waals surface area contributed by atoms with E-state index in [2.05, 4.69) is 0 Å². The smallest absolute Gasteiger partial charge is 0.338 e. The molecule has 0 heterocycles. The van der Waals surface area contributed by atoms with Crippen LogP contribution >= 0.6 is 0 Å². The zero-order valence-corrected chi connectivity index (χ0v) is 13.1. The van der Waals surface area contributed by atoms with Gasteiger partial charge in [0.15, 0.2) is 17.5 Å². The first kappa shape index (κ1) is 18.1. The molecule has 0 N–H and O–H groups in total. The summed E-state index contributed by atoms with van der Waals surface area (Å²) in [5.41, 5.74) is -0.00635. The van der Waals surface area contributed by atoms with Crippen LogP contribution in [-0.2, 0) is 4.74 Å². The van der Waals surface area contributed by atoms with Gasteiger partial charge in [-0.15, -0.1) is 0 Å². The molecule has 2 rings (SSSR count). The summed E-state index contributed by atoms with van der Waals surface area (Å²) in [4.78, 5) is 11.9. The molecule has 1 fully saturated rings. The number of nitrogens with zero attached hydrogens (tertiary/aromatic N) is 1. The van der Waals surface area contributed by atoms with E-state index in [1.165, 1.54) is 18.2 Å². The van der Waals surface area contributed by atoms with Gasteiger partial charge in [0.25, 0.3) is 0 Å². The number of hydrogen-bond donors (Lipinski definition) is 0. The Balaban J connectivity index is 1.77. The normalized spacial score (nSPS) is 21.2. The first-order chi connectivity index (χ1) is 11.5. The fraction of sp³-hybridized carbons (Fsp3) is 0.444. The second-order valence-electron chi connectivity index (χ2n) is 5.92. The molecular formula is C18H18F3NO2. The lowest BCUT2D eigenvalue weighted by atomic mass is 9.84. The molecule has 0 aromatic heterocycles. The lowest BCUT2D eigenvalue weighted by molar-refractivity contribution is 0.0162. The van der Waals surface area contributed by atoms with E-state index in [4.69, 9.17) is 10.00 Å². The molecule has 0 saturated heterocycles. The Kier molecular flexibility index (Phi) is 6.42. The van der Waals surface area contributed by atoms with Gasteiger partial charge in [-0.3, -0.25) is 0 Å². The summed E-state index contributed by atoms with van der Waals surface area (Å²) in [6, 6.07) is 4.37. The van der Waals surface area contributed by atoms with E-state index in [1.54, 1.807) is 0 Å². The van der Waals surface area contributed by atoms with Crippen LogP contribution in [0.15, 0.2) is 30.1 Å². The van der Waals surface area contributed by atoms with Crippen LogP contribution in [0.5, 0.6) is 0 Å². The molecule has 0 amide bonds.